The van der Waals surface area contributed by atoms with E-state index in [1.54, 1.807) is 39.5 Å². The topological polar surface area (TPSA) is 101 Å². The molecule has 2 rings (SSSR count). The van der Waals surface area contributed by atoms with Crippen molar-refractivity contribution in [3.05, 3.63) is 47.5 Å². The van der Waals surface area contributed by atoms with Crippen LogP contribution in [0.15, 0.2) is 36.4 Å². The highest BCUT2D eigenvalue weighted by Gasteiger charge is 2.05. The van der Waals surface area contributed by atoms with Crippen LogP contribution in [0.3, 0.4) is 0 Å². The van der Waals surface area contributed by atoms with E-state index in [1.165, 1.54) is 18.2 Å². The van der Waals surface area contributed by atoms with E-state index in [-0.39, 0.29) is 5.75 Å². The summed E-state index contributed by atoms with van der Waals surface area (Å²) in [5.41, 5.74) is 1.05. The summed E-state index contributed by atoms with van der Waals surface area (Å²) in [6.07, 6.45) is 3.02. The van der Waals surface area contributed by atoms with Gasteiger partial charge in [-0.2, -0.15) is 0 Å². The number of methoxy groups -OCH3 is 3. The van der Waals surface area contributed by atoms with Gasteiger partial charge in [0.05, 0.1) is 20.3 Å². The van der Waals surface area contributed by atoms with Crippen LogP contribution in [0.1, 0.15) is 33.6 Å². The Bertz CT molecular complexity index is 791. The highest BCUT2D eigenvalue weighted by atomic mass is 16.5. The SMILES string of the molecule is COCCCOc1cc(C=O)ccc1O.COCCCOc1cc(C=O)ccc1OC. The number of phenolic OH excluding ortho intramolecular Hbond substituents is 1. The summed E-state index contributed by atoms with van der Waals surface area (Å²) in [5, 5.41) is 9.41. The van der Waals surface area contributed by atoms with Gasteiger partial charge in [0, 0.05) is 51.4 Å². The quantitative estimate of drug-likeness (QED) is 0.377. The number of ether oxygens (including phenoxy) is 5. The van der Waals surface area contributed by atoms with Gasteiger partial charge in [0.2, 0.25) is 0 Å². The van der Waals surface area contributed by atoms with Crippen molar-refractivity contribution in [2.45, 2.75) is 12.8 Å². The number of hydrogen-bond donors (Lipinski definition) is 1. The minimum atomic E-state index is 0.0398. The van der Waals surface area contributed by atoms with E-state index >= 15 is 0 Å². The zero-order valence-electron chi connectivity index (χ0n) is 18.2. The number of aldehydes is 2. The molecule has 0 bridgehead atoms. The second-order valence-corrected chi connectivity index (χ2v) is 6.26. The molecule has 0 aliphatic carbocycles. The van der Waals surface area contributed by atoms with Crippen LogP contribution in [0.5, 0.6) is 23.0 Å². The van der Waals surface area contributed by atoms with Crippen molar-refractivity contribution >= 4 is 12.6 Å². The Morgan fingerprint density at radius 3 is 1.74 bits per heavy atom. The molecular weight excluding hydrogens is 404 g/mol. The molecule has 0 spiro atoms. The van der Waals surface area contributed by atoms with Crippen molar-refractivity contribution in [1.29, 1.82) is 0 Å². The number of hydrogen-bond acceptors (Lipinski definition) is 8. The monoisotopic (exact) mass is 434 g/mol. The Kier molecular flexibility index (Phi) is 13.1. The Morgan fingerprint density at radius 1 is 0.710 bits per heavy atom. The smallest absolute Gasteiger partial charge is 0.161 e. The maximum atomic E-state index is 10.6. The first-order valence-corrected chi connectivity index (χ1v) is 9.74. The van der Waals surface area contributed by atoms with Crippen LogP contribution < -0.4 is 14.2 Å². The summed E-state index contributed by atoms with van der Waals surface area (Å²) in [5.74, 6) is 1.58. The molecule has 0 aromatic heterocycles. The van der Waals surface area contributed by atoms with Gasteiger partial charge >= 0.3 is 0 Å². The molecular formula is C23H30O8. The number of benzene rings is 2. The van der Waals surface area contributed by atoms with E-state index in [0.717, 1.165) is 19.1 Å². The highest BCUT2D eigenvalue weighted by Crippen LogP contribution is 2.28. The number of carbonyl (C=O) groups is 2. The fraction of sp³-hybridized carbons (Fsp3) is 0.391. The Balaban J connectivity index is 0.000000311. The lowest BCUT2D eigenvalue weighted by molar-refractivity contribution is 0.111. The third kappa shape index (κ3) is 9.97. The van der Waals surface area contributed by atoms with Crippen molar-refractivity contribution in [2.75, 3.05) is 47.8 Å². The molecule has 0 aliphatic rings. The molecule has 1 N–H and O–H groups in total. The van der Waals surface area contributed by atoms with Gasteiger partial charge in [0.25, 0.3) is 0 Å². The summed E-state index contributed by atoms with van der Waals surface area (Å²) >= 11 is 0. The van der Waals surface area contributed by atoms with Crippen LogP contribution in [-0.2, 0) is 9.47 Å². The fourth-order valence-electron chi connectivity index (χ4n) is 2.37. The molecule has 8 heteroatoms. The third-order valence-electron chi connectivity index (χ3n) is 3.94. The third-order valence-corrected chi connectivity index (χ3v) is 3.94. The number of carbonyl (C=O) groups excluding carboxylic acids is 2. The van der Waals surface area contributed by atoms with E-state index < -0.39 is 0 Å². The summed E-state index contributed by atoms with van der Waals surface area (Å²) in [7, 11) is 4.83. The Hall–Kier alpha value is -3.10. The molecule has 0 heterocycles. The Morgan fingerprint density at radius 2 is 1.23 bits per heavy atom. The van der Waals surface area contributed by atoms with Crippen LogP contribution in [0, 0.1) is 0 Å². The van der Waals surface area contributed by atoms with Crippen molar-refractivity contribution in [3.8, 4) is 23.0 Å². The molecule has 2 aromatic carbocycles. The highest BCUT2D eigenvalue weighted by molar-refractivity contribution is 5.76. The summed E-state index contributed by atoms with van der Waals surface area (Å²) < 4.78 is 25.7. The molecule has 0 aliphatic heterocycles. The van der Waals surface area contributed by atoms with Gasteiger partial charge in [0.1, 0.15) is 12.6 Å². The van der Waals surface area contributed by atoms with E-state index in [4.69, 9.17) is 23.7 Å². The molecule has 31 heavy (non-hydrogen) atoms. The van der Waals surface area contributed by atoms with E-state index in [0.29, 0.717) is 61.1 Å². The largest absolute Gasteiger partial charge is 0.504 e. The second-order valence-electron chi connectivity index (χ2n) is 6.26. The number of phenols is 1. The molecule has 0 radical (unpaired) electrons. The zero-order chi connectivity index (χ0) is 22.9. The van der Waals surface area contributed by atoms with Crippen molar-refractivity contribution in [3.63, 3.8) is 0 Å². The van der Waals surface area contributed by atoms with E-state index in [2.05, 4.69) is 0 Å². The minimum absolute atomic E-state index is 0.0398. The van der Waals surface area contributed by atoms with Crippen molar-refractivity contribution in [1.82, 2.24) is 0 Å². The average Bonchev–Trinajstić information content (AvgIpc) is 2.81. The number of aromatic hydroxyl groups is 1. The van der Waals surface area contributed by atoms with Gasteiger partial charge in [-0.25, -0.2) is 0 Å². The average molecular weight is 434 g/mol. The van der Waals surface area contributed by atoms with Crippen LogP contribution >= 0.6 is 0 Å². The van der Waals surface area contributed by atoms with Gasteiger partial charge < -0.3 is 28.8 Å². The lowest BCUT2D eigenvalue weighted by Gasteiger charge is -2.10. The van der Waals surface area contributed by atoms with E-state index in [1.807, 2.05) is 0 Å². The molecule has 0 unspecified atom stereocenters. The zero-order valence-corrected chi connectivity index (χ0v) is 18.2. The predicted octanol–water partition coefficient (Wildman–Crippen LogP) is 3.54. The first-order valence-electron chi connectivity index (χ1n) is 9.74. The summed E-state index contributed by atoms with van der Waals surface area (Å²) in [6.45, 7) is 2.24. The normalized spacial score (nSPS) is 9.90. The maximum absolute atomic E-state index is 10.6. The van der Waals surface area contributed by atoms with Crippen molar-refractivity contribution < 1.29 is 38.4 Å². The van der Waals surface area contributed by atoms with Gasteiger partial charge in [-0.05, 0) is 36.4 Å². The number of rotatable bonds is 13. The van der Waals surface area contributed by atoms with Crippen LogP contribution in [-0.4, -0.2) is 65.4 Å². The summed E-state index contributed by atoms with van der Waals surface area (Å²) in [6, 6.07) is 9.55. The second kappa shape index (κ2) is 15.7. The molecule has 0 saturated carbocycles. The lowest BCUT2D eigenvalue weighted by Crippen LogP contribution is -2.03. The summed E-state index contributed by atoms with van der Waals surface area (Å²) in [4.78, 5) is 21.1. The molecule has 8 nitrogen and oxygen atoms in total. The fourth-order valence-corrected chi connectivity index (χ4v) is 2.37. The maximum Gasteiger partial charge on any atom is 0.161 e. The molecule has 0 saturated heterocycles. The van der Waals surface area contributed by atoms with Gasteiger partial charge in [-0.15, -0.1) is 0 Å². The van der Waals surface area contributed by atoms with Gasteiger partial charge in [-0.1, -0.05) is 0 Å². The molecule has 2 aromatic rings. The first kappa shape index (κ1) is 25.9. The van der Waals surface area contributed by atoms with Crippen LogP contribution in [0.2, 0.25) is 0 Å². The molecule has 0 atom stereocenters. The lowest BCUT2D eigenvalue weighted by atomic mass is 10.2. The van der Waals surface area contributed by atoms with Crippen LogP contribution in [0.4, 0.5) is 0 Å². The first-order chi connectivity index (χ1) is 15.1. The van der Waals surface area contributed by atoms with Gasteiger partial charge in [-0.3, -0.25) is 9.59 Å². The minimum Gasteiger partial charge on any atom is -0.504 e. The van der Waals surface area contributed by atoms with Crippen molar-refractivity contribution in [2.24, 2.45) is 0 Å². The standard InChI is InChI=1S/C12H16O4.C11H14O4/c1-14-6-3-7-16-12-8-10(9-13)4-5-11(12)15-2;1-14-5-2-6-15-11-7-9(8-12)3-4-10(11)13/h4-5,8-9H,3,6-7H2,1-2H3;3-4,7-8,13H,2,5-6H2,1H3. The van der Waals surface area contributed by atoms with Crippen LogP contribution in [0.25, 0.3) is 0 Å². The Labute approximate surface area is 182 Å². The molecule has 170 valence electrons. The van der Waals surface area contributed by atoms with Gasteiger partial charge in [0.15, 0.2) is 23.0 Å². The predicted molar refractivity (Wildman–Crippen MR) is 116 cm³/mol. The molecule has 0 amide bonds. The van der Waals surface area contributed by atoms with E-state index in [9.17, 15) is 14.7 Å². The molecule has 0 fully saturated rings.